The van der Waals surface area contributed by atoms with Crippen molar-refractivity contribution in [3.05, 3.63) is 28.7 Å². The number of rotatable bonds is 2. The number of benzene rings is 1. The molecule has 0 unspecified atom stereocenters. The maximum Gasteiger partial charge on any atom is 0.134 e. The third-order valence-electron chi connectivity index (χ3n) is 2.29. The Balaban J connectivity index is 2.05. The summed E-state index contributed by atoms with van der Waals surface area (Å²) in [6.45, 7) is 0. The van der Waals surface area contributed by atoms with Crippen LogP contribution in [0.2, 0.25) is 0 Å². The molecule has 13 heavy (non-hydrogen) atoms. The van der Waals surface area contributed by atoms with Crippen molar-refractivity contribution in [2.75, 3.05) is 0 Å². The summed E-state index contributed by atoms with van der Waals surface area (Å²) in [6.07, 6.45) is 1.50. The molecule has 0 saturated heterocycles. The molecule has 0 aromatic heterocycles. The van der Waals surface area contributed by atoms with E-state index in [1.165, 1.54) is 0 Å². The minimum absolute atomic E-state index is 0.0151. The van der Waals surface area contributed by atoms with Crippen LogP contribution < -0.4 is 4.74 Å². The van der Waals surface area contributed by atoms with Crippen LogP contribution in [0, 0.1) is 0 Å². The lowest BCUT2D eigenvalue weighted by molar-refractivity contribution is -0.0365. The Morgan fingerprint density at radius 1 is 1.31 bits per heavy atom. The van der Waals surface area contributed by atoms with Crippen molar-refractivity contribution in [2.45, 2.75) is 25.0 Å². The predicted molar refractivity (Wildman–Crippen MR) is 53.8 cm³/mol. The molecule has 0 radical (unpaired) electrons. The minimum Gasteiger partial charge on any atom is -0.487 e. The first-order valence-corrected chi connectivity index (χ1v) is 5.16. The Bertz CT molecular complexity index is 301. The highest BCUT2D eigenvalue weighted by atomic mass is 79.9. The van der Waals surface area contributed by atoms with Gasteiger partial charge in [-0.1, -0.05) is 12.1 Å². The van der Waals surface area contributed by atoms with Gasteiger partial charge in [0.05, 0.1) is 10.6 Å². The van der Waals surface area contributed by atoms with Crippen molar-refractivity contribution < 1.29 is 9.84 Å². The van der Waals surface area contributed by atoms with Crippen molar-refractivity contribution >= 4 is 15.9 Å². The number of hydrogen-bond donors (Lipinski definition) is 1. The molecule has 0 amide bonds. The average molecular weight is 243 g/mol. The van der Waals surface area contributed by atoms with E-state index in [9.17, 15) is 5.11 Å². The monoisotopic (exact) mass is 242 g/mol. The van der Waals surface area contributed by atoms with Crippen molar-refractivity contribution in [3.63, 3.8) is 0 Å². The largest absolute Gasteiger partial charge is 0.487 e. The molecular formula is C10H11BrO2. The third kappa shape index (κ3) is 1.86. The van der Waals surface area contributed by atoms with Crippen LogP contribution in [-0.2, 0) is 0 Å². The van der Waals surface area contributed by atoms with Crippen molar-refractivity contribution in [3.8, 4) is 5.75 Å². The first-order chi connectivity index (χ1) is 6.27. The second-order valence-electron chi connectivity index (χ2n) is 3.23. The summed E-state index contributed by atoms with van der Waals surface area (Å²) in [6, 6.07) is 7.69. The van der Waals surface area contributed by atoms with Gasteiger partial charge in [-0.05, 0) is 40.9 Å². The molecule has 2 nitrogen and oxygen atoms in total. The highest BCUT2D eigenvalue weighted by Gasteiger charge is 2.30. The van der Waals surface area contributed by atoms with Crippen LogP contribution in [0.25, 0.3) is 0 Å². The summed E-state index contributed by atoms with van der Waals surface area (Å²) < 4.78 is 6.54. The van der Waals surface area contributed by atoms with Crippen molar-refractivity contribution in [1.29, 1.82) is 0 Å². The predicted octanol–water partition coefficient (Wildman–Crippen LogP) is 2.35. The van der Waals surface area contributed by atoms with E-state index in [2.05, 4.69) is 15.9 Å². The number of ether oxygens (including phenoxy) is 1. The minimum atomic E-state index is -0.285. The van der Waals surface area contributed by atoms with E-state index in [1.54, 1.807) is 0 Å². The molecular weight excluding hydrogens is 232 g/mol. The van der Waals surface area contributed by atoms with E-state index >= 15 is 0 Å². The Kier molecular flexibility index (Phi) is 2.56. The second kappa shape index (κ2) is 3.68. The topological polar surface area (TPSA) is 29.5 Å². The van der Waals surface area contributed by atoms with E-state index in [-0.39, 0.29) is 12.2 Å². The Morgan fingerprint density at radius 2 is 2.08 bits per heavy atom. The van der Waals surface area contributed by atoms with Crippen LogP contribution in [0.4, 0.5) is 0 Å². The number of aliphatic hydroxyl groups excluding tert-OH is 1. The molecule has 1 N–H and O–H groups in total. The van der Waals surface area contributed by atoms with Gasteiger partial charge in [-0.15, -0.1) is 0 Å². The fourth-order valence-electron chi connectivity index (χ4n) is 1.29. The molecule has 1 aliphatic rings. The van der Waals surface area contributed by atoms with Crippen LogP contribution in [0.5, 0.6) is 5.75 Å². The molecule has 3 heteroatoms. The van der Waals surface area contributed by atoms with E-state index in [0.29, 0.717) is 0 Å². The Morgan fingerprint density at radius 3 is 2.62 bits per heavy atom. The summed E-state index contributed by atoms with van der Waals surface area (Å²) >= 11 is 3.39. The Hall–Kier alpha value is -0.540. The van der Waals surface area contributed by atoms with Gasteiger partial charge >= 0.3 is 0 Å². The van der Waals surface area contributed by atoms with Gasteiger partial charge in [0.25, 0.3) is 0 Å². The van der Waals surface area contributed by atoms with Crippen LogP contribution in [0.15, 0.2) is 28.7 Å². The number of halogens is 1. The van der Waals surface area contributed by atoms with Crippen molar-refractivity contribution in [2.24, 2.45) is 0 Å². The fraction of sp³-hybridized carbons (Fsp3) is 0.400. The summed E-state index contributed by atoms with van der Waals surface area (Å²) in [5, 5.41) is 9.32. The lowest BCUT2D eigenvalue weighted by Crippen LogP contribution is -2.41. The summed E-state index contributed by atoms with van der Waals surface area (Å²) in [5.74, 6) is 0.811. The van der Waals surface area contributed by atoms with Gasteiger partial charge in [-0.25, -0.2) is 0 Å². The normalized spacial score (nSPS) is 26.6. The van der Waals surface area contributed by atoms with Crippen molar-refractivity contribution in [1.82, 2.24) is 0 Å². The van der Waals surface area contributed by atoms with Gasteiger partial charge in [0.1, 0.15) is 11.9 Å². The molecule has 2 rings (SSSR count). The van der Waals surface area contributed by atoms with Crippen LogP contribution in [-0.4, -0.2) is 17.3 Å². The molecule has 70 valence electrons. The summed E-state index contributed by atoms with van der Waals surface area (Å²) in [7, 11) is 0. The molecule has 1 aliphatic carbocycles. The summed E-state index contributed by atoms with van der Waals surface area (Å²) in [4.78, 5) is 0. The van der Waals surface area contributed by atoms with E-state index in [4.69, 9.17) is 4.74 Å². The first-order valence-electron chi connectivity index (χ1n) is 4.36. The van der Waals surface area contributed by atoms with E-state index in [0.717, 1.165) is 23.1 Å². The van der Waals surface area contributed by atoms with Crippen LogP contribution >= 0.6 is 15.9 Å². The third-order valence-corrected chi connectivity index (χ3v) is 2.95. The Labute approximate surface area is 85.7 Å². The lowest BCUT2D eigenvalue weighted by Gasteiger charge is -2.32. The van der Waals surface area contributed by atoms with Gasteiger partial charge < -0.3 is 9.84 Å². The number of para-hydroxylation sites is 1. The highest BCUT2D eigenvalue weighted by Crippen LogP contribution is 2.30. The van der Waals surface area contributed by atoms with Gasteiger partial charge in [-0.2, -0.15) is 0 Å². The highest BCUT2D eigenvalue weighted by molar-refractivity contribution is 9.10. The van der Waals surface area contributed by atoms with Crippen LogP contribution in [0.3, 0.4) is 0 Å². The molecule has 2 atom stereocenters. The lowest BCUT2D eigenvalue weighted by atomic mass is 9.92. The second-order valence-corrected chi connectivity index (χ2v) is 4.09. The van der Waals surface area contributed by atoms with Gasteiger partial charge in [0.15, 0.2) is 0 Å². The van der Waals surface area contributed by atoms with E-state index in [1.807, 2.05) is 24.3 Å². The molecule has 1 fully saturated rings. The molecule has 0 aliphatic heterocycles. The standard InChI is InChI=1S/C10H11BrO2/c11-7-3-1-2-4-9(7)13-10-6-5-8(10)12/h1-4,8,10,12H,5-6H2/t8-,10-/m1/s1. The fourth-order valence-corrected chi connectivity index (χ4v) is 1.67. The zero-order valence-electron chi connectivity index (χ0n) is 7.11. The zero-order valence-corrected chi connectivity index (χ0v) is 8.70. The number of aliphatic hydroxyl groups is 1. The maximum absolute atomic E-state index is 9.32. The molecule has 1 aromatic rings. The molecule has 1 aromatic carbocycles. The molecule has 0 heterocycles. The molecule has 0 bridgehead atoms. The quantitative estimate of drug-likeness (QED) is 0.863. The average Bonchev–Trinajstić information content (AvgIpc) is 2.14. The maximum atomic E-state index is 9.32. The summed E-state index contributed by atoms with van der Waals surface area (Å²) in [5.41, 5.74) is 0. The SMILES string of the molecule is O[C@@H]1CC[C@H]1Oc1ccccc1Br. The van der Waals surface area contributed by atoms with Gasteiger partial charge in [0, 0.05) is 0 Å². The first kappa shape index (κ1) is 9.03. The van der Waals surface area contributed by atoms with Gasteiger partial charge in [-0.3, -0.25) is 0 Å². The molecule has 1 saturated carbocycles. The molecule has 0 spiro atoms. The number of hydrogen-bond acceptors (Lipinski definition) is 2. The zero-order chi connectivity index (χ0) is 9.26. The van der Waals surface area contributed by atoms with E-state index < -0.39 is 0 Å². The van der Waals surface area contributed by atoms with Crippen LogP contribution in [0.1, 0.15) is 12.8 Å². The smallest absolute Gasteiger partial charge is 0.134 e. The van der Waals surface area contributed by atoms with Gasteiger partial charge in [0.2, 0.25) is 0 Å².